The molecule has 0 radical (unpaired) electrons. The minimum absolute atomic E-state index is 0.666. The van der Waals surface area contributed by atoms with E-state index in [0.29, 0.717) is 6.04 Å². The summed E-state index contributed by atoms with van der Waals surface area (Å²) in [5.74, 6) is 0.994. The molecule has 1 aliphatic rings. The number of nitrogens with zero attached hydrogens (tertiary/aromatic N) is 2. The maximum atomic E-state index is 4.17. The fourth-order valence-corrected chi connectivity index (χ4v) is 1.98. The highest BCUT2D eigenvalue weighted by molar-refractivity contribution is 5.17. The highest BCUT2D eigenvalue weighted by Gasteiger charge is 2.24. The fraction of sp³-hybridized carbons (Fsp3) is 0.615. The van der Waals surface area contributed by atoms with Gasteiger partial charge in [0, 0.05) is 30.5 Å². The maximum absolute atomic E-state index is 4.17. The lowest BCUT2D eigenvalue weighted by Gasteiger charge is -2.15. The smallest absolute Gasteiger partial charge is 0.0538 e. The standard InChI is InChI=1S/C13H21N3/c1-3-13(7-11-5-6-11)14-8-12-9-15-16(4-2)10-12/h4,9-11,13-14H,2-3,5-8H2,1H3. The molecule has 2 rings (SSSR count). The highest BCUT2D eigenvalue weighted by Crippen LogP contribution is 2.34. The van der Waals surface area contributed by atoms with Gasteiger partial charge in [-0.2, -0.15) is 5.10 Å². The predicted molar refractivity (Wildman–Crippen MR) is 66.9 cm³/mol. The SMILES string of the molecule is C=Cn1cc(CNC(CC)CC2CC2)cn1. The molecule has 1 aromatic heterocycles. The molecule has 0 spiro atoms. The molecule has 16 heavy (non-hydrogen) atoms. The lowest BCUT2D eigenvalue weighted by atomic mass is 10.1. The summed E-state index contributed by atoms with van der Waals surface area (Å²) in [5, 5.41) is 7.78. The Kier molecular flexibility index (Phi) is 3.78. The Bertz CT molecular complexity index is 339. The third-order valence-corrected chi connectivity index (χ3v) is 3.24. The fourth-order valence-electron chi connectivity index (χ4n) is 1.98. The number of rotatable bonds is 7. The third kappa shape index (κ3) is 3.20. The van der Waals surface area contributed by atoms with Crippen LogP contribution in [0.2, 0.25) is 0 Å². The zero-order valence-electron chi connectivity index (χ0n) is 10.0. The molecule has 1 saturated carbocycles. The largest absolute Gasteiger partial charge is 0.310 e. The average molecular weight is 219 g/mol. The molecule has 1 aliphatic carbocycles. The summed E-state index contributed by atoms with van der Waals surface area (Å²) >= 11 is 0. The van der Waals surface area contributed by atoms with Crippen molar-refractivity contribution in [2.24, 2.45) is 5.92 Å². The summed E-state index contributed by atoms with van der Waals surface area (Å²) in [6, 6.07) is 0.666. The first-order valence-electron chi connectivity index (χ1n) is 6.20. The van der Waals surface area contributed by atoms with Crippen molar-refractivity contribution in [3.8, 4) is 0 Å². The van der Waals surface area contributed by atoms with Crippen LogP contribution in [0.25, 0.3) is 6.20 Å². The molecule has 1 atom stereocenters. The second-order valence-corrected chi connectivity index (χ2v) is 4.68. The zero-order valence-corrected chi connectivity index (χ0v) is 10.0. The molecule has 3 heteroatoms. The van der Waals surface area contributed by atoms with Crippen LogP contribution in [-0.2, 0) is 6.54 Å². The minimum Gasteiger partial charge on any atom is -0.310 e. The Labute approximate surface area is 97.5 Å². The van der Waals surface area contributed by atoms with Gasteiger partial charge in [0.1, 0.15) is 0 Å². The zero-order chi connectivity index (χ0) is 11.4. The Morgan fingerprint density at radius 2 is 2.50 bits per heavy atom. The van der Waals surface area contributed by atoms with Gasteiger partial charge in [0.15, 0.2) is 0 Å². The molecule has 3 nitrogen and oxygen atoms in total. The quantitative estimate of drug-likeness (QED) is 0.764. The molecule has 88 valence electrons. The van der Waals surface area contributed by atoms with Gasteiger partial charge in [-0.05, 0) is 18.8 Å². The van der Waals surface area contributed by atoms with Crippen LogP contribution in [0.5, 0.6) is 0 Å². The summed E-state index contributed by atoms with van der Waals surface area (Å²) in [6.07, 6.45) is 11.1. The number of aromatic nitrogens is 2. The van der Waals surface area contributed by atoms with Crippen LogP contribution >= 0.6 is 0 Å². The van der Waals surface area contributed by atoms with Gasteiger partial charge in [-0.1, -0.05) is 26.3 Å². The number of hydrogen-bond acceptors (Lipinski definition) is 2. The van der Waals surface area contributed by atoms with Gasteiger partial charge in [-0.15, -0.1) is 0 Å². The summed E-state index contributed by atoms with van der Waals surface area (Å²) in [7, 11) is 0. The van der Waals surface area contributed by atoms with E-state index in [1.807, 2.05) is 12.4 Å². The number of nitrogens with one attached hydrogen (secondary N) is 1. The Balaban J connectivity index is 1.77. The molecule has 0 saturated heterocycles. The molecule has 1 N–H and O–H groups in total. The first kappa shape index (κ1) is 11.4. The van der Waals surface area contributed by atoms with E-state index in [9.17, 15) is 0 Å². The second kappa shape index (κ2) is 5.30. The lowest BCUT2D eigenvalue weighted by molar-refractivity contribution is 0.445. The van der Waals surface area contributed by atoms with E-state index in [1.165, 1.54) is 31.2 Å². The number of hydrogen-bond donors (Lipinski definition) is 1. The van der Waals surface area contributed by atoms with Crippen LogP contribution < -0.4 is 5.32 Å². The highest BCUT2D eigenvalue weighted by atomic mass is 15.2. The van der Waals surface area contributed by atoms with Gasteiger partial charge >= 0.3 is 0 Å². The van der Waals surface area contributed by atoms with Gasteiger partial charge in [0.2, 0.25) is 0 Å². The van der Waals surface area contributed by atoms with Crippen molar-refractivity contribution in [1.29, 1.82) is 0 Å². The molecule has 0 bridgehead atoms. The van der Waals surface area contributed by atoms with Crippen molar-refractivity contribution in [2.75, 3.05) is 0 Å². The van der Waals surface area contributed by atoms with Crippen molar-refractivity contribution in [1.82, 2.24) is 15.1 Å². The minimum atomic E-state index is 0.666. The summed E-state index contributed by atoms with van der Waals surface area (Å²) in [6.45, 7) is 6.86. The molecule has 0 aromatic carbocycles. The summed E-state index contributed by atoms with van der Waals surface area (Å²) < 4.78 is 1.75. The second-order valence-electron chi connectivity index (χ2n) is 4.68. The van der Waals surface area contributed by atoms with Crippen LogP contribution in [0.15, 0.2) is 19.0 Å². The molecule has 1 fully saturated rings. The van der Waals surface area contributed by atoms with E-state index in [0.717, 1.165) is 12.5 Å². The van der Waals surface area contributed by atoms with E-state index < -0.39 is 0 Å². The molecule has 1 aromatic rings. The first-order valence-corrected chi connectivity index (χ1v) is 6.20. The average Bonchev–Trinajstić information content (AvgIpc) is 3.00. The first-order chi connectivity index (χ1) is 7.81. The van der Waals surface area contributed by atoms with Crippen LogP contribution in [0.4, 0.5) is 0 Å². The lowest BCUT2D eigenvalue weighted by Crippen LogP contribution is -2.28. The van der Waals surface area contributed by atoms with E-state index in [2.05, 4.69) is 23.9 Å². The maximum Gasteiger partial charge on any atom is 0.0538 e. The molecular formula is C13H21N3. The van der Waals surface area contributed by atoms with Gasteiger partial charge < -0.3 is 5.32 Å². The van der Waals surface area contributed by atoms with Crippen molar-refractivity contribution in [3.63, 3.8) is 0 Å². The van der Waals surface area contributed by atoms with Crippen molar-refractivity contribution < 1.29 is 0 Å². The normalized spacial score (nSPS) is 17.3. The van der Waals surface area contributed by atoms with E-state index in [-0.39, 0.29) is 0 Å². The third-order valence-electron chi connectivity index (χ3n) is 3.24. The predicted octanol–water partition coefficient (Wildman–Crippen LogP) is 2.65. The van der Waals surface area contributed by atoms with Gasteiger partial charge in [0.05, 0.1) is 6.20 Å². The van der Waals surface area contributed by atoms with Crippen molar-refractivity contribution in [3.05, 3.63) is 24.5 Å². The van der Waals surface area contributed by atoms with Crippen LogP contribution in [0, 0.1) is 5.92 Å². The summed E-state index contributed by atoms with van der Waals surface area (Å²) in [5.41, 5.74) is 1.23. The van der Waals surface area contributed by atoms with Gasteiger partial charge in [0.25, 0.3) is 0 Å². The van der Waals surface area contributed by atoms with E-state index in [1.54, 1.807) is 10.9 Å². The van der Waals surface area contributed by atoms with E-state index >= 15 is 0 Å². The Morgan fingerprint density at radius 1 is 1.69 bits per heavy atom. The topological polar surface area (TPSA) is 29.9 Å². The molecule has 1 heterocycles. The molecule has 0 amide bonds. The molecular weight excluding hydrogens is 198 g/mol. The molecule has 1 unspecified atom stereocenters. The van der Waals surface area contributed by atoms with Crippen molar-refractivity contribution >= 4 is 6.20 Å². The van der Waals surface area contributed by atoms with Crippen molar-refractivity contribution in [2.45, 2.75) is 45.2 Å². The van der Waals surface area contributed by atoms with Crippen LogP contribution in [0.1, 0.15) is 38.2 Å². The Hall–Kier alpha value is -1.09. The molecule has 0 aliphatic heterocycles. The van der Waals surface area contributed by atoms with E-state index in [4.69, 9.17) is 0 Å². The van der Waals surface area contributed by atoms with Gasteiger partial charge in [-0.25, -0.2) is 4.68 Å². The van der Waals surface area contributed by atoms with Gasteiger partial charge in [-0.3, -0.25) is 0 Å². The Morgan fingerprint density at radius 3 is 3.06 bits per heavy atom. The monoisotopic (exact) mass is 219 g/mol. The van der Waals surface area contributed by atoms with Crippen LogP contribution in [0.3, 0.4) is 0 Å². The van der Waals surface area contributed by atoms with Crippen LogP contribution in [-0.4, -0.2) is 15.8 Å². The summed E-state index contributed by atoms with van der Waals surface area (Å²) in [4.78, 5) is 0.